The molecule has 1 aromatic rings. The van der Waals surface area contributed by atoms with Crippen LogP contribution in [0.4, 0.5) is 0 Å². The lowest BCUT2D eigenvalue weighted by Crippen LogP contribution is -2.34. The summed E-state index contributed by atoms with van der Waals surface area (Å²) in [6, 6.07) is 4.04. The summed E-state index contributed by atoms with van der Waals surface area (Å²) < 4.78 is 7.55. The number of nitrogens with zero attached hydrogens (tertiary/aromatic N) is 1. The summed E-state index contributed by atoms with van der Waals surface area (Å²) in [7, 11) is 0. The lowest BCUT2D eigenvalue weighted by atomic mass is 10.1. The van der Waals surface area contributed by atoms with Gasteiger partial charge in [-0.05, 0) is 44.5 Å². The average molecular weight is 292 g/mol. The van der Waals surface area contributed by atoms with Crippen LogP contribution in [-0.4, -0.2) is 24.3 Å². The Morgan fingerprint density at radius 1 is 1.24 bits per heavy atom. The molecule has 1 N–H and O–H groups in total. The second kappa shape index (κ2) is 8.88. The first-order valence-electron chi connectivity index (χ1n) is 8.37. The molecule has 2 rings (SSSR count). The van der Waals surface area contributed by atoms with Gasteiger partial charge in [0, 0.05) is 12.2 Å². The first-order chi connectivity index (χ1) is 10.3. The standard InChI is InChI=1S/C17H28N2O2/c1-2-3-4-5-6-14-21-16-8-7-13-19(17(16)20)15-9-11-18-12-10-15/h7-8,13,15,18H,2-6,9-12,14H2,1H3. The molecule has 4 heteroatoms. The van der Waals surface area contributed by atoms with E-state index in [1.54, 1.807) is 6.07 Å². The number of hydrogen-bond acceptors (Lipinski definition) is 3. The molecule has 1 aliphatic rings. The number of aromatic nitrogens is 1. The van der Waals surface area contributed by atoms with Crippen LogP contribution in [0.2, 0.25) is 0 Å². The van der Waals surface area contributed by atoms with Crippen LogP contribution in [0.1, 0.15) is 57.9 Å². The van der Waals surface area contributed by atoms with Crippen LogP contribution >= 0.6 is 0 Å². The van der Waals surface area contributed by atoms with Crippen molar-refractivity contribution in [2.24, 2.45) is 0 Å². The highest BCUT2D eigenvalue weighted by atomic mass is 16.5. The van der Waals surface area contributed by atoms with E-state index in [4.69, 9.17) is 4.74 Å². The molecule has 0 radical (unpaired) electrons. The van der Waals surface area contributed by atoms with Crippen LogP contribution in [-0.2, 0) is 0 Å². The Morgan fingerprint density at radius 3 is 2.76 bits per heavy atom. The summed E-state index contributed by atoms with van der Waals surface area (Å²) in [6.45, 7) is 4.83. The fraction of sp³-hybridized carbons (Fsp3) is 0.706. The molecule has 0 spiro atoms. The predicted octanol–water partition coefficient (Wildman–Crippen LogP) is 3.12. The quantitative estimate of drug-likeness (QED) is 0.749. The molecule has 0 bridgehead atoms. The van der Waals surface area contributed by atoms with E-state index in [1.165, 1.54) is 25.7 Å². The fourth-order valence-corrected chi connectivity index (χ4v) is 2.86. The lowest BCUT2D eigenvalue weighted by Gasteiger charge is -2.25. The minimum Gasteiger partial charge on any atom is -0.488 e. The molecule has 0 atom stereocenters. The van der Waals surface area contributed by atoms with Crippen molar-refractivity contribution in [2.45, 2.75) is 57.9 Å². The molecule has 1 saturated heterocycles. The van der Waals surface area contributed by atoms with Gasteiger partial charge < -0.3 is 14.6 Å². The van der Waals surface area contributed by atoms with E-state index < -0.39 is 0 Å². The van der Waals surface area contributed by atoms with E-state index >= 15 is 0 Å². The van der Waals surface area contributed by atoms with Gasteiger partial charge in [0.05, 0.1) is 6.61 Å². The Labute approximate surface area is 127 Å². The Hall–Kier alpha value is -1.29. The van der Waals surface area contributed by atoms with Crippen LogP contribution in [0.3, 0.4) is 0 Å². The number of pyridine rings is 1. The number of rotatable bonds is 8. The lowest BCUT2D eigenvalue weighted by molar-refractivity contribution is 0.291. The van der Waals surface area contributed by atoms with E-state index in [-0.39, 0.29) is 5.56 Å². The highest BCUT2D eigenvalue weighted by Gasteiger charge is 2.17. The first-order valence-corrected chi connectivity index (χ1v) is 8.37. The number of piperidine rings is 1. The Balaban J connectivity index is 1.87. The third-order valence-electron chi connectivity index (χ3n) is 4.15. The summed E-state index contributed by atoms with van der Waals surface area (Å²) in [5.74, 6) is 0.506. The van der Waals surface area contributed by atoms with Gasteiger partial charge in [-0.15, -0.1) is 0 Å². The van der Waals surface area contributed by atoms with Crippen LogP contribution in [0.5, 0.6) is 5.75 Å². The molecule has 0 aliphatic carbocycles. The van der Waals surface area contributed by atoms with Crippen LogP contribution in [0, 0.1) is 0 Å². The topological polar surface area (TPSA) is 43.3 Å². The van der Waals surface area contributed by atoms with Gasteiger partial charge in [0.15, 0.2) is 5.75 Å². The smallest absolute Gasteiger partial charge is 0.293 e. The number of unbranched alkanes of at least 4 members (excludes halogenated alkanes) is 4. The summed E-state index contributed by atoms with van der Waals surface area (Å²) in [5, 5.41) is 3.33. The maximum atomic E-state index is 12.5. The molecule has 2 heterocycles. The Bertz CT molecular complexity index is 464. The minimum absolute atomic E-state index is 0.0259. The van der Waals surface area contributed by atoms with Gasteiger partial charge in [-0.3, -0.25) is 4.79 Å². The van der Waals surface area contributed by atoms with Gasteiger partial charge in [0.2, 0.25) is 0 Å². The minimum atomic E-state index is 0.0259. The number of hydrogen-bond donors (Lipinski definition) is 1. The fourth-order valence-electron chi connectivity index (χ4n) is 2.86. The van der Waals surface area contributed by atoms with Gasteiger partial charge in [-0.1, -0.05) is 32.6 Å². The van der Waals surface area contributed by atoms with Crippen molar-refractivity contribution in [3.05, 3.63) is 28.7 Å². The second-order valence-electron chi connectivity index (χ2n) is 5.83. The van der Waals surface area contributed by atoms with Crippen molar-refractivity contribution >= 4 is 0 Å². The molecular weight excluding hydrogens is 264 g/mol. The van der Waals surface area contributed by atoms with Gasteiger partial charge in [0.25, 0.3) is 5.56 Å². The monoisotopic (exact) mass is 292 g/mol. The third-order valence-corrected chi connectivity index (χ3v) is 4.15. The predicted molar refractivity (Wildman–Crippen MR) is 86.1 cm³/mol. The molecule has 1 aliphatic heterocycles. The maximum absolute atomic E-state index is 12.5. The van der Waals surface area contributed by atoms with E-state index in [9.17, 15) is 4.79 Å². The van der Waals surface area contributed by atoms with Crippen molar-refractivity contribution in [2.75, 3.05) is 19.7 Å². The zero-order valence-corrected chi connectivity index (χ0v) is 13.1. The average Bonchev–Trinajstić information content (AvgIpc) is 2.53. The molecule has 0 unspecified atom stereocenters. The molecule has 21 heavy (non-hydrogen) atoms. The first kappa shape index (κ1) is 16.1. The van der Waals surface area contributed by atoms with Crippen molar-refractivity contribution in [3.8, 4) is 5.75 Å². The zero-order chi connectivity index (χ0) is 14.9. The molecule has 118 valence electrons. The SMILES string of the molecule is CCCCCCCOc1cccn(C2CCNCC2)c1=O. The van der Waals surface area contributed by atoms with Crippen molar-refractivity contribution < 1.29 is 4.74 Å². The van der Waals surface area contributed by atoms with Gasteiger partial charge in [-0.2, -0.15) is 0 Å². The molecule has 1 fully saturated rings. The van der Waals surface area contributed by atoms with E-state index in [1.807, 2.05) is 16.8 Å². The van der Waals surface area contributed by atoms with E-state index in [0.29, 0.717) is 18.4 Å². The summed E-state index contributed by atoms with van der Waals surface area (Å²) in [6.07, 6.45) is 9.93. The Morgan fingerprint density at radius 2 is 2.00 bits per heavy atom. The van der Waals surface area contributed by atoms with Crippen molar-refractivity contribution in [1.82, 2.24) is 9.88 Å². The van der Waals surface area contributed by atoms with Crippen molar-refractivity contribution in [3.63, 3.8) is 0 Å². The molecule has 0 aromatic carbocycles. The molecule has 4 nitrogen and oxygen atoms in total. The number of ether oxygens (including phenoxy) is 1. The van der Waals surface area contributed by atoms with Gasteiger partial charge >= 0.3 is 0 Å². The summed E-state index contributed by atoms with van der Waals surface area (Å²) in [4.78, 5) is 12.5. The third kappa shape index (κ3) is 4.88. The van der Waals surface area contributed by atoms with E-state index in [0.717, 1.165) is 32.4 Å². The van der Waals surface area contributed by atoms with Gasteiger partial charge in [-0.25, -0.2) is 0 Å². The molecule has 1 aromatic heterocycles. The molecular formula is C17H28N2O2. The normalized spacial score (nSPS) is 16.0. The Kier molecular flexibility index (Phi) is 6.80. The number of nitrogens with one attached hydrogen (secondary N) is 1. The van der Waals surface area contributed by atoms with Crippen LogP contribution in [0.15, 0.2) is 23.1 Å². The molecule has 0 saturated carbocycles. The highest BCUT2D eigenvalue weighted by Crippen LogP contribution is 2.17. The van der Waals surface area contributed by atoms with Crippen LogP contribution in [0.25, 0.3) is 0 Å². The van der Waals surface area contributed by atoms with E-state index in [2.05, 4.69) is 12.2 Å². The summed E-state index contributed by atoms with van der Waals surface area (Å²) in [5.41, 5.74) is 0.0259. The largest absolute Gasteiger partial charge is 0.488 e. The van der Waals surface area contributed by atoms with Crippen molar-refractivity contribution in [1.29, 1.82) is 0 Å². The molecule has 0 amide bonds. The maximum Gasteiger partial charge on any atom is 0.293 e. The highest BCUT2D eigenvalue weighted by molar-refractivity contribution is 5.17. The second-order valence-corrected chi connectivity index (χ2v) is 5.83. The van der Waals surface area contributed by atoms with Crippen LogP contribution < -0.4 is 15.6 Å². The van der Waals surface area contributed by atoms with Gasteiger partial charge in [0.1, 0.15) is 0 Å². The zero-order valence-electron chi connectivity index (χ0n) is 13.1. The summed E-state index contributed by atoms with van der Waals surface area (Å²) >= 11 is 0.